The topological polar surface area (TPSA) is 87.9 Å². The van der Waals surface area contributed by atoms with Crippen LogP contribution in [0.15, 0.2) is 51.7 Å². The molecule has 7 heteroatoms. The zero-order chi connectivity index (χ0) is 26.5. The van der Waals surface area contributed by atoms with Gasteiger partial charge in [0, 0.05) is 11.5 Å². The van der Waals surface area contributed by atoms with Crippen LogP contribution in [-0.4, -0.2) is 31.3 Å². The predicted molar refractivity (Wildman–Crippen MR) is 145 cm³/mol. The first-order chi connectivity index (χ1) is 18.0. The van der Waals surface area contributed by atoms with Gasteiger partial charge in [0.15, 0.2) is 0 Å². The van der Waals surface area contributed by atoms with Crippen molar-refractivity contribution < 1.29 is 23.4 Å². The zero-order valence-electron chi connectivity index (χ0n) is 22.3. The second-order valence-electron chi connectivity index (χ2n) is 9.57. The van der Waals surface area contributed by atoms with Crippen molar-refractivity contribution in [3.63, 3.8) is 0 Å². The van der Waals surface area contributed by atoms with E-state index in [0.717, 1.165) is 42.4 Å². The molecule has 2 aromatic heterocycles. The molecule has 2 heterocycles. The van der Waals surface area contributed by atoms with Crippen LogP contribution in [0.1, 0.15) is 71.6 Å². The molecule has 0 fully saturated rings. The van der Waals surface area contributed by atoms with Crippen LogP contribution >= 0.6 is 0 Å². The Labute approximate surface area is 219 Å². The largest absolute Gasteiger partial charge is 0.497 e. The molecule has 200 valence electrons. The van der Waals surface area contributed by atoms with Crippen molar-refractivity contribution in [1.29, 1.82) is 0 Å². The fourth-order valence-electron chi connectivity index (χ4n) is 3.99. The number of pyridine rings is 1. The molecule has 0 bridgehead atoms. The third kappa shape index (κ3) is 9.23. The van der Waals surface area contributed by atoms with E-state index >= 15 is 0 Å². The van der Waals surface area contributed by atoms with Gasteiger partial charge in [0.25, 0.3) is 0 Å². The van der Waals surface area contributed by atoms with Crippen molar-refractivity contribution in [2.75, 3.05) is 20.3 Å². The first-order valence-corrected chi connectivity index (χ1v) is 13.4. The van der Waals surface area contributed by atoms with Crippen molar-refractivity contribution in [2.45, 2.75) is 71.6 Å². The number of hydrogen-bond donors (Lipinski definition) is 0. The lowest BCUT2D eigenvalue weighted by Gasteiger charge is -2.07. The monoisotopic (exact) mass is 509 g/mol. The van der Waals surface area contributed by atoms with Crippen LogP contribution in [0.5, 0.6) is 11.6 Å². The lowest BCUT2D eigenvalue weighted by Crippen LogP contribution is -2.12. The molecule has 3 aromatic rings. The second kappa shape index (κ2) is 15.0. The number of carbonyl (C=O) groups is 1. The minimum atomic E-state index is -0.433. The number of rotatable bonds is 16. The second-order valence-corrected chi connectivity index (χ2v) is 9.57. The number of hydrogen-bond acceptors (Lipinski definition) is 7. The van der Waals surface area contributed by atoms with Crippen molar-refractivity contribution in [2.24, 2.45) is 5.92 Å². The van der Waals surface area contributed by atoms with Gasteiger partial charge in [0.1, 0.15) is 5.75 Å². The van der Waals surface area contributed by atoms with E-state index in [9.17, 15) is 9.59 Å². The Morgan fingerprint density at radius 1 is 0.865 bits per heavy atom. The van der Waals surface area contributed by atoms with Gasteiger partial charge in [-0.05, 0) is 42.7 Å². The standard InChI is InChI=1S/C30H39NO6/c1-22(2)29(32)36-20-12-10-8-6-4-5-7-9-11-19-35-27-18-15-24-21-26(30(33)37-28(24)31-27)23-13-16-25(34-3)17-14-23/h13-18,21-22H,4-12,19-20H2,1-3H3. The van der Waals surface area contributed by atoms with Gasteiger partial charge in [-0.2, -0.15) is 4.98 Å². The van der Waals surface area contributed by atoms with Gasteiger partial charge in [-0.15, -0.1) is 0 Å². The number of unbranched alkanes of at least 4 members (excludes halogenated alkanes) is 8. The smallest absolute Gasteiger partial charge is 0.345 e. The highest BCUT2D eigenvalue weighted by Crippen LogP contribution is 2.24. The summed E-state index contributed by atoms with van der Waals surface area (Å²) in [6.45, 7) is 4.84. The number of esters is 1. The van der Waals surface area contributed by atoms with Crippen LogP contribution in [-0.2, 0) is 9.53 Å². The number of aromatic nitrogens is 1. The summed E-state index contributed by atoms with van der Waals surface area (Å²) in [5.74, 6) is 1.04. The van der Waals surface area contributed by atoms with Gasteiger partial charge >= 0.3 is 11.6 Å². The first-order valence-electron chi connectivity index (χ1n) is 13.4. The van der Waals surface area contributed by atoms with Gasteiger partial charge in [-0.3, -0.25) is 4.79 Å². The summed E-state index contributed by atoms with van der Waals surface area (Å²) in [4.78, 5) is 28.3. The molecule has 3 rings (SSSR count). The van der Waals surface area contributed by atoms with Gasteiger partial charge < -0.3 is 18.6 Å². The van der Waals surface area contributed by atoms with Crippen molar-refractivity contribution in [3.05, 3.63) is 52.9 Å². The molecule has 0 aliphatic carbocycles. The highest BCUT2D eigenvalue weighted by atomic mass is 16.5. The third-order valence-electron chi connectivity index (χ3n) is 6.23. The van der Waals surface area contributed by atoms with Crippen LogP contribution < -0.4 is 15.1 Å². The molecule has 0 aliphatic rings. The third-order valence-corrected chi connectivity index (χ3v) is 6.23. The molecular formula is C30H39NO6. The Bertz CT molecular complexity index is 1170. The Balaban J connectivity index is 1.30. The van der Waals surface area contributed by atoms with Gasteiger partial charge in [-0.25, -0.2) is 4.79 Å². The number of nitrogens with zero attached hydrogens (tertiary/aromatic N) is 1. The summed E-state index contributed by atoms with van der Waals surface area (Å²) in [5, 5.41) is 0.745. The molecule has 0 amide bonds. The van der Waals surface area contributed by atoms with Crippen LogP contribution in [0.25, 0.3) is 22.2 Å². The zero-order valence-corrected chi connectivity index (χ0v) is 22.3. The molecule has 0 atom stereocenters. The molecule has 7 nitrogen and oxygen atoms in total. The van der Waals surface area contributed by atoms with E-state index in [2.05, 4.69) is 4.98 Å². The summed E-state index contributed by atoms with van der Waals surface area (Å²) in [7, 11) is 1.60. The lowest BCUT2D eigenvalue weighted by molar-refractivity contribution is -0.147. The lowest BCUT2D eigenvalue weighted by atomic mass is 10.1. The number of ether oxygens (including phenoxy) is 3. The van der Waals surface area contributed by atoms with E-state index < -0.39 is 5.63 Å². The van der Waals surface area contributed by atoms with Gasteiger partial charge in [0.2, 0.25) is 11.6 Å². The number of methoxy groups -OCH3 is 1. The Morgan fingerprint density at radius 2 is 1.49 bits per heavy atom. The van der Waals surface area contributed by atoms with Crippen molar-refractivity contribution in [1.82, 2.24) is 4.98 Å². The van der Waals surface area contributed by atoms with Crippen LogP contribution in [0, 0.1) is 5.92 Å². The number of fused-ring (bicyclic) bond motifs is 1. The fraction of sp³-hybridized carbons (Fsp3) is 0.500. The van der Waals surface area contributed by atoms with Crippen LogP contribution in [0.2, 0.25) is 0 Å². The first kappa shape index (κ1) is 28.2. The van der Waals surface area contributed by atoms with Gasteiger partial charge in [0.05, 0.1) is 31.8 Å². The molecule has 0 radical (unpaired) electrons. The van der Waals surface area contributed by atoms with E-state index in [1.807, 2.05) is 50.2 Å². The quantitative estimate of drug-likeness (QED) is 0.152. The van der Waals surface area contributed by atoms with Crippen molar-refractivity contribution >= 4 is 17.1 Å². The summed E-state index contributed by atoms with van der Waals surface area (Å²) in [5.41, 5.74) is 1.09. The summed E-state index contributed by atoms with van der Waals surface area (Å²) >= 11 is 0. The molecule has 0 aliphatic heterocycles. The normalized spacial score (nSPS) is 11.1. The Morgan fingerprint density at radius 3 is 2.11 bits per heavy atom. The maximum atomic E-state index is 12.5. The maximum Gasteiger partial charge on any atom is 0.345 e. The Kier molecular flexibility index (Phi) is 11.5. The molecule has 37 heavy (non-hydrogen) atoms. The summed E-state index contributed by atoms with van der Waals surface area (Å²) in [6, 6.07) is 12.7. The maximum absolute atomic E-state index is 12.5. The highest BCUT2D eigenvalue weighted by Gasteiger charge is 2.10. The molecule has 0 unspecified atom stereocenters. The average molecular weight is 510 g/mol. The van der Waals surface area contributed by atoms with E-state index in [-0.39, 0.29) is 17.6 Å². The molecule has 0 saturated heterocycles. The van der Waals surface area contributed by atoms with Gasteiger partial charge in [-0.1, -0.05) is 70.9 Å². The minimum Gasteiger partial charge on any atom is -0.497 e. The van der Waals surface area contributed by atoms with Crippen LogP contribution in [0.3, 0.4) is 0 Å². The van der Waals surface area contributed by atoms with Crippen LogP contribution in [0.4, 0.5) is 0 Å². The SMILES string of the molecule is COc1ccc(-c2cc3ccc(OCCCCCCCCCCCOC(=O)C(C)C)nc3oc2=O)cc1. The minimum absolute atomic E-state index is 0.0448. The molecule has 0 N–H and O–H groups in total. The summed E-state index contributed by atoms with van der Waals surface area (Å²) < 4.78 is 21.6. The van der Waals surface area contributed by atoms with E-state index in [1.165, 1.54) is 32.1 Å². The highest BCUT2D eigenvalue weighted by molar-refractivity contribution is 5.79. The van der Waals surface area contributed by atoms with E-state index in [4.69, 9.17) is 18.6 Å². The van der Waals surface area contributed by atoms with Crippen molar-refractivity contribution in [3.8, 4) is 22.8 Å². The average Bonchev–Trinajstić information content (AvgIpc) is 2.90. The number of benzene rings is 1. The number of carbonyl (C=O) groups excluding carboxylic acids is 1. The van der Waals surface area contributed by atoms with E-state index in [0.29, 0.717) is 24.7 Å². The predicted octanol–water partition coefficient (Wildman–Crippen LogP) is 6.95. The van der Waals surface area contributed by atoms with E-state index in [1.54, 1.807) is 13.2 Å². The molecule has 0 saturated carbocycles. The molecule has 0 spiro atoms. The summed E-state index contributed by atoms with van der Waals surface area (Å²) in [6.07, 6.45) is 10.2. The fourth-order valence-corrected chi connectivity index (χ4v) is 3.99. The molecular weight excluding hydrogens is 470 g/mol. The Hall–Kier alpha value is -3.35. The molecule has 1 aromatic carbocycles.